The van der Waals surface area contributed by atoms with Crippen molar-refractivity contribution in [1.29, 1.82) is 0 Å². The normalized spacial score (nSPS) is 22.1. The molecule has 28 heavy (non-hydrogen) atoms. The fourth-order valence-corrected chi connectivity index (χ4v) is 3.92. The van der Waals surface area contributed by atoms with Crippen LogP contribution in [0.3, 0.4) is 0 Å². The molecule has 0 fully saturated rings. The Morgan fingerprint density at radius 3 is 2.54 bits per heavy atom. The van der Waals surface area contributed by atoms with Crippen LogP contribution in [0.2, 0.25) is 0 Å². The second-order valence-corrected chi connectivity index (χ2v) is 8.73. The molecule has 0 amide bonds. The van der Waals surface area contributed by atoms with E-state index in [2.05, 4.69) is 78.0 Å². The van der Waals surface area contributed by atoms with E-state index in [0.717, 1.165) is 24.7 Å². The molecule has 0 saturated heterocycles. The van der Waals surface area contributed by atoms with Crippen molar-refractivity contribution in [2.75, 3.05) is 0 Å². The molecule has 2 atom stereocenters. The van der Waals surface area contributed by atoms with Gasteiger partial charge in [0.05, 0.1) is 0 Å². The maximum absolute atomic E-state index is 10.6. The largest absolute Gasteiger partial charge is 0.299 e. The van der Waals surface area contributed by atoms with Crippen LogP contribution < -0.4 is 0 Å². The van der Waals surface area contributed by atoms with Gasteiger partial charge >= 0.3 is 0 Å². The summed E-state index contributed by atoms with van der Waals surface area (Å²) in [7, 11) is 0. The SMILES string of the molecule is CC1=CC=C(C(C)C)CC2C(C)=CC(/C=C/C(C)=C/CC(C)/C(C)=C/C=O)=C12. The van der Waals surface area contributed by atoms with E-state index in [-0.39, 0.29) is 0 Å². The van der Waals surface area contributed by atoms with Gasteiger partial charge in [-0.25, -0.2) is 0 Å². The maximum Gasteiger partial charge on any atom is 0.142 e. The first-order valence-corrected chi connectivity index (χ1v) is 10.5. The van der Waals surface area contributed by atoms with Crippen LogP contribution in [-0.4, -0.2) is 6.29 Å². The number of allylic oxidation sites excluding steroid dienone is 14. The summed E-state index contributed by atoms with van der Waals surface area (Å²) in [6, 6.07) is 0. The predicted octanol–water partition coefficient (Wildman–Crippen LogP) is 7.47. The lowest BCUT2D eigenvalue weighted by molar-refractivity contribution is -0.104. The number of aldehydes is 1. The molecule has 0 spiro atoms. The van der Waals surface area contributed by atoms with Gasteiger partial charge in [0.15, 0.2) is 0 Å². The van der Waals surface area contributed by atoms with Crippen LogP contribution in [0.25, 0.3) is 0 Å². The Morgan fingerprint density at radius 1 is 1.18 bits per heavy atom. The molecule has 0 saturated carbocycles. The van der Waals surface area contributed by atoms with Crippen LogP contribution in [0.5, 0.6) is 0 Å². The average molecular weight is 377 g/mol. The minimum Gasteiger partial charge on any atom is -0.299 e. The Hall–Kier alpha value is -2.15. The van der Waals surface area contributed by atoms with Gasteiger partial charge < -0.3 is 0 Å². The van der Waals surface area contributed by atoms with Crippen LogP contribution in [0.1, 0.15) is 61.3 Å². The summed E-state index contributed by atoms with van der Waals surface area (Å²) in [5, 5.41) is 0. The lowest BCUT2D eigenvalue weighted by Gasteiger charge is -2.19. The molecular formula is C27H36O. The third kappa shape index (κ3) is 5.44. The third-order valence-corrected chi connectivity index (χ3v) is 6.17. The molecule has 2 aliphatic rings. The van der Waals surface area contributed by atoms with Crippen molar-refractivity contribution < 1.29 is 4.79 Å². The van der Waals surface area contributed by atoms with Crippen molar-refractivity contribution in [1.82, 2.24) is 0 Å². The highest BCUT2D eigenvalue weighted by atomic mass is 16.1. The number of hydrogen-bond acceptors (Lipinski definition) is 1. The zero-order valence-electron chi connectivity index (χ0n) is 18.7. The van der Waals surface area contributed by atoms with Crippen molar-refractivity contribution in [3.05, 3.63) is 81.5 Å². The Bertz CT molecular complexity index is 818. The summed E-state index contributed by atoms with van der Waals surface area (Å²) in [6.07, 6.45) is 18.4. The highest BCUT2D eigenvalue weighted by Gasteiger charge is 2.28. The van der Waals surface area contributed by atoms with Crippen molar-refractivity contribution in [2.24, 2.45) is 17.8 Å². The lowest BCUT2D eigenvalue weighted by Crippen LogP contribution is -2.06. The highest BCUT2D eigenvalue weighted by Crippen LogP contribution is 2.43. The molecule has 0 aromatic carbocycles. The van der Waals surface area contributed by atoms with E-state index in [1.54, 1.807) is 11.6 Å². The molecule has 0 N–H and O–H groups in total. The van der Waals surface area contributed by atoms with Crippen LogP contribution >= 0.6 is 0 Å². The standard InChI is InChI=1S/C27H36O/c1-18(2)24-13-11-22(6)27-25(16-23(7)26(27)17-24)12-9-19(3)8-10-20(4)21(5)14-15-28/h8-9,11-16,18,20,26H,10,17H2,1-7H3/b12-9+,19-8+,21-14+. The summed E-state index contributed by atoms with van der Waals surface area (Å²) in [5.74, 6) is 1.51. The quantitative estimate of drug-likeness (QED) is 0.256. The van der Waals surface area contributed by atoms with Crippen molar-refractivity contribution in [2.45, 2.75) is 61.3 Å². The zero-order valence-corrected chi connectivity index (χ0v) is 18.7. The molecule has 1 nitrogen and oxygen atoms in total. The molecule has 0 aromatic rings. The van der Waals surface area contributed by atoms with Crippen LogP contribution in [0, 0.1) is 17.8 Å². The van der Waals surface area contributed by atoms with Crippen LogP contribution in [-0.2, 0) is 4.79 Å². The first-order chi connectivity index (χ1) is 13.2. The Labute approximate surface area is 172 Å². The van der Waals surface area contributed by atoms with E-state index in [4.69, 9.17) is 0 Å². The second-order valence-electron chi connectivity index (χ2n) is 8.73. The molecule has 0 aliphatic heterocycles. The summed E-state index contributed by atoms with van der Waals surface area (Å²) < 4.78 is 0. The van der Waals surface area contributed by atoms with Gasteiger partial charge in [-0.15, -0.1) is 0 Å². The molecule has 0 bridgehead atoms. The van der Waals surface area contributed by atoms with E-state index in [0.29, 0.717) is 17.8 Å². The summed E-state index contributed by atoms with van der Waals surface area (Å²) in [6.45, 7) is 15.4. The molecular weight excluding hydrogens is 340 g/mol. The van der Waals surface area contributed by atoms with E-state index < -0.39 is 0 Å². The van der Waals surface area contributed by atoms with Gasteiger partial charge in [-0.05, 0) is 75.2 Å². The predicted molar refractivity (Wildman–Crippen MR) is 122 cm³/mol. The maximum atomic E-state index is 10.6. The molecule has 1 heteroatoms. The van der Waals surface area contributed by atoms with Gasteiger partial charge in [0, 0.05) is 5.92 Å². The van der Waals surface area contributed by atoms with Crippen LogP contribution in [0.4, 0.5) is 0 Å². The van der Waals surface area contributed by atoms with Gasteiger partial charge in [-0.1, -0.05) is 79.5 Å². The van der Waals surface area contributed by atoms with E-state index in [1.165, 1.54) is 27.9 Å². The first kappa shape index (κ1) is 22.1. The number of rotatable bonds is 7. The van der Waals surface area contributed by atoms with Gasteiger partial charge in [-0.3, -0.25) is 4.79 Å². The number of carbonyl (C=O) groups is 1. The Morgan fingerprint density at radius 2 is 1.89 bits per heavy atom. The van der Waals surface area contributed by atoms with Crippen molar-refractivity contribution in [3.8, 4) is 0 Å². The van der Waals surface area contributed by atoms with E-state index in [1.807, 2.05) is 6.92 Å². The zero-order chi connectivity index (χ0) is 20.8. The smallest absolute Gasteiger partial charge is 0.142 e. The van der Waals surface area contributed by atoms with E-state index >= 15 is 0 Å². The van der Waals surface area contributed by atoms with Gasteiger partial charge in [0.2, 0.25) is 0 Å². The van der Waals surface area contributed by atoms with Crippen molar-refractivity contribution in [3.63, 3.8) is 0 Å². The fraction of sp³-hybridized carbons (Fsp3) is 0.444. The van der Waals surface area contributed by atoms with Gasteiger partial charge in [0.1, 0.15) is 6.29 Å². The molecule has 2 rings (SSSR count). The molecule has 150 valence electrons. The number of fused-ring (bicyclic) bond motifs is 1. The molecule has 0 heterocycles. The molecule has 2 unspecified atom stereocenters. The number of carbonyl (C=O) groups excluding carboxylic acids is 1. The average Bonchev–Trinajstić information content (AvgIpc) is 2.84. The van der Waals surface area contributed by atoms with E-state index in [9.17, 15) is 4.79 Å². The monoisotopic (exact) mass is 376 g/mol. The lowest BCUT2D eigenvalue weighted by atomic mass is 9.85. The number of hydrogen-bond donors (Lipinski definition) is 0. The van der Waals surface area contributed by atoms with Gasteiger partial charge in [0.25, 0.3) is 0 Å². The molecule has 0 aromatic heterocycles. The topological polar surface area (TPSA) is 17.1 Å². The first-order valence-electron chi connectivity index (χ1n) is 10.5. The highest BCUT2D eigenvalue weighted by molar-refractivity contribution is 5.66. The van der Waals surface area contributed by atoms with Crippen molar-refractivity contribution >= 4 is 6.29 Å². The minimum atomic E-state index is 0.390. The second kappa shape index (κ2) is 9.87. The van der Waals surface area contributed by atoms with Gasteiger partial charge in [-0.2, -0.15) is 0 Å². The summed E-state index contributed by atoms with van der Waals surface area (Å²) in [4.78, 5) is 10.6. The fourth-order valence-electron chi connectivity index (χ4n) is 3.92. The molecule has 0 radical (unpaired) electrons. The van der Waals surface area contributed by atoms with Crippen LogP contribution in [0.15, 0.2) is 81.5 Å². The summed E-state index contributed by atoms with van der Waals surface area (Å²) in [5.41, 5.74) is 9.65. The Balaban J connectivity index is 2.19. The third-order valence-electron chi connectivity index (χ3n) is 6.17. The molecule has 2 aliphatic carbocycles. The summed E-state index contributed by atoms with van der Waals surface area (Å²) >= 11 is 0. The Kier molecular flexibility index (Phi) is 7.80. The minimum absolute atomic E-state index is 0.390.